The predicted molar refractivity (Wildman–Crippen MR) is 120 cm³/mol. The predicted octanol–water partition coefficient (Wildman–Crippen LogP) is 6.16. The van der Waals surface area contributed by atoms with E-state index in [1.807, 2.05) is 0 Å². The lowest BCUT2D eigenvalue weighted by Crippen LogP contribution is -2.46. The summed E-state index contributed by atoms with van der Waals surface area (Å²) in [6, 6.07) is 0. The molecule has 0 saturated carbocycles. The van der Waals surface area contributed by atoms with Crippen LogP contribution in [-0.2, 0) is 4.79 Å². The Hall–Kier alpha value is -0.610. The molecule has 0 aromatic heterocycles. The fourth-order valence-corrected chi connectivity index (χ4v) is 3.97. The second kappa shape index (κ2) is 18.4. The van der Waals surface area contributed by atoms with E-state index in [2.05, 4.69) is 21.0 Å². The quantitative estimate of drug-likeness (QED) is 0.179. The Morgan fingerprint density at radius 3 is 1.71 bits per heavy atom. The number of aliphatic hydroxyl groups is 1. The number of rotatable bonds is 21. The van der Waals surface area contributed by atoms with Crippen LogP contribution in [0.25, 0.3) is 0 Å². The van der Waals surface area contributed by atoms with Gasteiger partial charge in [-0.15, -0.1) is 0 Å². The normalized spacial score (nSPS) is 13.0. The third-order valence-corrected chi connectivity index (χ3v) is 5.75. The Labute approximate surface area is 175 Å². The first-order valence-corrected chi connectivity index (χ1v) is 12.1. The van der Waals surface area contributed by atoms with Gasteiger partial charge in [-0.3, -0.25) is 4.79 Å². The number of carboxylic acids is 1. The molecular weight excluding hydrogens is 350 g/mol. The first-order valence-electron chi connectivity index (χ1n) is 12.1. The van der Waals surface area contributed by atoms with Gasteiger partial charge in [-0.2, -0.15) is 0 Å². The third-order valence-electron chi connectivity index (χ3n) is 5.75. The maximum Gasteiger partial charge on any atom is 0.303 e. The van der Waals surface area contributed by atoms with Crippen LogP contribution >= 0.6 is 0 Å². The van der Waals surface area contributed by atoms with Crippen molar-refractivity contribution in [1.82, 2.24) is 0 Å². The van der Waals surface area contributed by atoms with Crippen molar-refractivity contribution >= 4 is 5.97 Å². The molecule has 4 nitrogen and oxygen atoms in total. The molecule has 0 fully saturated rings. The average molecular weight is 401 g/mol. The van der Waals surface area contributed by atoms with E-state index in [1.165, 1.54) is 70.6 Å². The van der Waals surface area contributed by atoms with Crippen molar-refractivity contribution in [3.63, 3.8) is 0 Å². The van der Waals surface area contributed by atoms with E-state index in [0.29, 0.717) is 0 Å². The van der Waals surface area contributed by atoms with Gasteiger partial charge < -0.3 is 14.7 Å². The van der Waals surface area contributed by atoms with Crippen molar-refractivity contribution in [2.24, 2.45) is 0 Å². The van der Waals surface area contributed by atoms with Gasteiger partial charge >= 0.3 is 5.97 Å². The van der Waals surface area contributed by atoms with E-state index in [1.54, 1.807) is 0 Å². The molecule has 0 radical (unpaired) electrons. The summed E-state index contributed by atoms with van der Waals surface area (Å²) < 4.78 is 0.826. The molecule has 1 unspecified atom stereocenters. The maximum absolute atomic E-state index is 10.5. The van der Waals surface area contributed by atoms with Crippen molar-refractivity contribution in [3.05, 3.63) is 0 Å². The number of carbonyl (C=O) groups is 1. The lowest BCUT2D eigenvalue weighted by atomic mass is 10.0. The van der Waals surface area contributed by atoms with E-state index in [0.717, 1.165) is 49.7 Å². The minimum Gasteiger partial charge on any atom is -0.481 e. The zero-order valence-electron chi connectivity index (χ0n) is 19.3. The minimum atomic E-state index is -0.702. The smallest absolute Gasteiger partial charge is 0.303 e. The maximum atomic E-state index is 10.5. The van der Waals surface area contributed by atoms with Crippen LogP contribution in [0.1, 0.15) is 116 Å². The number of aliphatic carboxylic acids is 1. The number of nitrogens with zero attached hydrogens (tertiary/aromatic N) is 1. The van der Waals surface area contributed by atoms with Crippen LogP contribution in [-0.4, -0.2) is 54.0 Å². The number of likely N-dealkylation sites (N-methyl/N-ethyl adjacent to an activating group) is 1. The fraction of sp³-hybridized carbons (Fsp3) is 0.958. The summed E-state index contributed by atoms with van der Waals surface area (Å²) in [5, 5.41) is 19.0. The van der Waals surface area contributed by atoms with Crippen molar-refractivity contribution in [2.75, 3.05) is 27.2 Å². The summed E-state index contributed by atoms with van der Waals surface area (Å²) in [6.07, 6.45) is 19.9. The van der Waals surface area contributed by atoms with Gasteiger partial charge in [0, 0.05) is 6.42 Å². The number of carboxylic acid groups (broad SMARTS) is 1. The molecule has 4 heteroatoms. The molecule has 168 valence electrons. The molecule has 0 heterocycles. The summed E-state index contributed by atoms with van der Waals surface area (Å²) in [7, 11) is 4.34. The summed E-state index contributed by atoms with van der Waals surface area (Å²) in [5.41, 5.74) is 0. The highest BCUT2D eigenvalue weighted by atomic mass is 16.4. The van der Waals surface area contributed by atoms with Crippen LogP contribution in [0.2, 0.25) is 0 Å². The van der Waals surface area contributed by atoms with E-state index >= 15 is 0 Å². The Morgan fingerprint density at radius 2 is 1.21 bits per heavy atom. The van der Waals surface area contributed by atoms with E-state index in [9.17, 15) is 9.90 Å². The molecule has 0 amide bonds. The van der Waals surface area contributed by atoms with Crippen LogP contribution in [0.3, 0.4) is 0 Å². The molecule has 0 aromatic rings. The topological polar surface area (TPSA) is 57.5 Å². The van der Waals surface area contributed by atoms with Gasteiger partial charge in [0.05, 0.1) is 20.6 Å². The Balaban J connectivity index is 3.47. The van der Waals surface area contributed by atoms with Crippen LogP contribution in [0.4, 0.5) is 0 Å². The Morgan fingerprint density at radius 1 is 0.750 bits per heavy atom. The van der Waals surface area contributed by atoms with Crippen molar-refractivity contribution in [2.45, 2.75) is 122 Å². The van der Waals surface area contributed by atoms with Crippen LogP contribution in [0.5, 0.6) is 0 Å². The first kappa shape index (κ1) is 27.4. The molecule has 0 aliphatic rings. The molecule has 0 saturated heterocycles. The fourth-order valence-electron chi connectivity index (χ4n) is 3.97. The Bertz CT molecular complexity index is 358. The Kier molecular flexibility index (Phi) is 18.0. The lowest BCUT2D eigenvalue weighted by molar-refractivity contribution is -0.893. The van der Waals surface area contributed by atoms with Crippen molar-refractivity contribution in [3.8, 4) is 0 Å². The molecule has 0 aliphatic carbocycles. The third kappa shape index (κ3) is 20.1. The number of hydrogen-bond donors (Lipinski definition) is 2. The number of aliphatic hydroxyl groups excluding tert-OH is 1. The molecule has 28 heavy (non-hydrogen) atoms. The summed E-state index contributed by atoms with van der Waals surface area (Å²) in [6.45, 7) is 4.08. The molecule has 0 rings (SSSR count). The van der Waals surface area contributed by atoms with Gasteiger partial charge in [0.25, 0.3) is 0 Å². The minimum absolute atomic E-state index is 0.211. The lowest BCUT2D eigenvalue weighted by Gasteiger charge is -2.32. The highest BCUT2D eigenvalue weighted by molar-refractivity contribution is 5.66. The van der Waals surface area contributed by atoms with Gasteiger partial charge in [0.2, 0.25) is 0 Å². The SMILES string of the molecule is CCCCCCCCCCCCCCC(O)C[N+](C)(C)CCCCCC(=O)O. The van der Waals surface area contributed by atoms with Crippen molar-refractivity contribution < 1.29 is 19.5 Å². The highest BCUT2D eigenvalue weighted by Gasteiger charge is 2.19. The number of quaternary nitrogens is 1. The molecule has 0 bridgehead atoms. The second-order valence-corrected chi connectivity index (χ2v) is 9.38. The largest absolute Gasteiger partial charge is 0.481 e. The molecule has 1 atom stereocenters. The molecule has 0 spiro atoms. The summed E-state index contributed by atoms with van der Waals surface area (Å²) >= 11 is 0. The molecule has 0 aromatic carbocycles. The van der Waals surface area contributed by atoms with E-state index in [4.69, 9.17) is 5.11 Å². The standard InChI is InChI=1S/C24H49NO3/c1-4-5-6-7-8-9-10-11-12-13-14-16-19-23(26)22-25(2,3)21-18-15-17-20-24(27)28/h23,26H,4-22H2,1-3H3/p+1. The van der Waals surface area contributed by atoms with Gasteiger partial charge in [0.1, 0.15) is 12.6 Å². The summed E-state index contributed by atoms with van der Waals surface area (Å²) in [4.78, 5) is 10.5. The van der Waals surface area contributed by atoms with E-state index < -0.39 is 5.97 Å². The molecular formula is C24H50NO3+. The average Bonchev–Trinajstić information content (AvgIpc) is 2.61. The highest BCUT2D eigenvalue weighted by Crippen LogP contribution is 2.14. The van der Waals surface area contributed by atoms with Crippen LogP contribution in [0.15, 0.2) is 0 Å². The zero-order valence-corrected chi connectivity index (χ0v) is 19.3. The van der Waals surface area contributed by atoms with Crippen LogP contribution in [0, 0.1) is 0 Å². The summed E-state index contributed by atoms with van der Waals surface area (Å²) in [5.74, 6) is -0.702. The van der Waals surface area contributed by atoms with Gasteiger partial charge in [-0.25, -0.2) is 0 Å². The number of unbranched alkanes of at least 4 members (excludes halogenated alkanes) is 13. The molecule has 0 aliphatic heterocycles. The van der Waals surface area contributed by atoms with Crippen LogP contribution < -0.4 is 0 Å². The van der Waals surface area contributed by atoms with Gasteiger partial charge in [-0.05, 0) is 25.7 Å². The first-order chi connectivity index (χ1) is 13.4. The monoisotopic (exact) mass is 400 g/mol. The molecule has 2 N–H and O–H groups in total. The van der Waals surface area contributed by atoms with Gasteiger partial charge in [-0.1, -0.05) is 84.0 Å². The van der Waals surface area contributed by atoms with Gasteiger partial charge in [0.15, 0.2) is 0 Å². The van der Waals surface area contributed by atoms with Crippen molar-refractivity contribution in [1.29, 1.82) is 0 Å². The number of hydrogen-bond acceptors (Lipinski definition) is 2. The second-order valence-electron chi connectivity index (χ2n) is 9.38. The zero-order chi connectivity index (χ0) is 21.1. The van der Waals surface area contributed by atoms with E-state index in [-0.39, 0.29) is 12.5 Å².